The minimum absolute atomic E-state index is 0.364. The fraction of sp³-hybridized carbons (Fsp3) is 0.182. The summed E-state index contributed by atoms with van der Waals surface area (Å²) in [7, 11) is 0. The van der Waals surface area contributed by atoms with Gasteiger partial charge in [-0.1, -0.05) is 36.4 Å². The highest BCUT2D eigenvalue weighted by Gasteiger charge is 2.09. The molecule has 0 atom stereocenters. The molecule has 0 heterocycles. The van der Waals surface area contributed by atoms with Crippen molar-refractivity contribution in [3.63, 3.8) is 0 Å². The van der Waals surface area contributed by atoms with Gasteiger partial charge < -0.3 is 14.8 Å². The Morgan fingerprint density at radius 1 is 1.14 bits per heavy atom. The lowest BCUT2D eigenvalue weighted by molar-refractivity contribution is -0.142. The molecule has 0 aromatic heterocycles. The molecule has 6 heteroatoms. The van der Waals surface area contributed by atoms with E-state index in [1.54, 1.807) is 30.0 Å². The summed E-state index contributed by atoms with van der Waals surface area (Å²) in [6, 6.07) is 14.8. The average Bonchev–Trinajstić information content (AvgIpc) is 2.71. The molecular formula is C22H23NO4S. The molecule has 2 aromatic rings. The van der Waals surface area contributed by atoms with Gasteiger partial charge in [-0.3, -0.25) is 4.79 Å². The largest absolute Gasteiger partial charge is 0.493 e. The summed E-state index contributed by atoms with van der Waals surface area (Å²) in [6.07, 6.45) is 4.67. The Bertz CT molecular complexity index is 848. The van der Waals surface area contributed by atoms with Crippen LogP contribution in [0.1, 0.15) is 12.5 Å². The lowest BCUT2D eigenvalue weighted by atomic mass is 10.2. The minimum atomic E-state index is -0.601. The highest BCUT2D eigenvalue weighted by Crippen LogP contribution is 2.26. The number of amides is 1. The molecule has 0 spiro atoms. The lowest BCUT2D eigenvalue weighted by Crippen LogP contribution is -2.20. The second-order valence-electron chi connectivity index (χ2n) is 5.56. The van der Waals surface area contributed by atoms with Crippen molar-refractivity contribution in [2.24, 2.45) is 0 Å². The summed E-state index contributed by atoms with van der Waals surface area (Å²) in [5, 5.41) is 2.76. The Labute approximate surface area is 169 Å². The van der Waals surface area contributed by atoms with E-state index in [0.717, 1.165) is 16.2 Å². The number of hydrogen-bond donors (Lipinski definition) is 1. The average molecular weight is 397 g/mol. The third kappa shape index (κ3) is 6.96. The second kappa shape index (κ2) is 11.7. The number of carbonyl (C=O) groups is 2. The summed E-state index contributed by atoms with van der Waals surface area (Å²) in [6.45, 7) is 5.75. The van der Waals surface area contributed by atoms with E-state index >= 15 is 0 Å². The molecule has 0 saturated heterocycles. The van der Waals surface area contributed by atoms with Crippen molar-refractivity contribution in [3.8, 4) is 5.75 Å². The zero-order chi connectivity index (χ0) is 20.2. The van der Waals surface area contributed by atoms with E-state index in [4.69, 9.17) is 9.47 Å². The van der Waals surface area contributed by atoms with Crippen molar-refractivity contribution in [3.05, 3.63) is 72.8 Å². The molecule has 5 nitrogen and oxygen atoms in total. The summed E-state index contributed by atoms with van der Waals surface area (Å²) >= 11 is 1.56. The van der Waals surface area contributed by atoms with Gasteiger partial charge in [0.05, 0.1) is 12.3 Å². The van der Waals surface area contributed by atoms with Crippen LogP contribution in [0, 0.1) is 0 Å². The van der Waals surface area contributed by atoms with Crippen molar-refractivity contribution < 1.29 is 19.1 Å². The molecule has 1 amide bonds. The maximum Gasteiger partial charge on any atom is 0.331 e. The van der Waals surface area contributed by atoms with E-state index in [2.05, 4.69) is 11.9 Å². The first-order chi connectivity index (χ1) is 13.6. The van der Waals surface area contributed by atoms with Crippen molar-refractivity contribution in [1.29, 1.82) is 0 Å². The number of nitrogens with one attached hydrogen (secondary N) is 1. The lowest BCUT2D eigenvalue weighted by Gasteiger charge is -2.10. The number of hydrogen-bond acceptors (Lipinski definition) is 5. The van der Waals surface area contributed by atoms with Crippen LogP contribution in [0.3, 0.4) is 0 Å². The topological polar surface area (TPSA) is 64.6 Å². The van der Waals surface area contributed by atoms with E-state index in [-0.39, 0.29) is 6.61 Å². The van der Waals surface area contributed by atoms with Crippen LogP contribution in [0.25, 0.3) is 6.08 Å². The molecule has 0 unspecified atom stereocenters. The number of esters is 1. The summed E-state index contributed by atoms with van der Waals surface area (Å²) in [5.74, 6) is 0.412. The first-order valence-electron chi connectivity index (χ1n) is 8.83. The van der Waals surface area contributed by atoms with Crippen LogP contribution in [0.4, 0.5) is 5.69 Å². The van der Waals surface area contributed by atoms with Crippen LogP contribution >= 0.6 is 11.8 Å². The summed E-state index contributed by atoms with van der Waals surface area (Å²) in [5.41, 5.74) is 1.44. The normalized spacial score (nSPS) is 10.5. The molecule has 0 fully saturated rings. The van der Waals surface area contributed by atoms with Gasteiger partial charge in [0.1, 0.15) is 5.75 Å². The smallest absolute Gasteiger partial charge is 0.331 e. The second-order valence-corrected chi connectivity index (χ2v) is 6.62. The predicted octanol–water partition coefficient (Wildman–Crippen LogP) is 4.56. The molecule has 1 N–H and O–H groups in total. The van der Waals surface area contributed by atoms with Crippen molar-refractivity contribution in [1.82, 2.24) is 0 Å². The molecule has 0 bridgehead atoms. The molecule has 0 saturated carbocycles. The highest BCUT2D eigenvalue weighted by atomic mass is 32.2. The summed E-state index contributed by atoms with van der Waals surface area (Å²) in [4.78, 5) is 24.9. The standard InChI is InChI=1S/C22H23NO4S/c1-3-15-28-20-12-8-6-10-18(20)23-21(24)16-27-22(25)14-13-17-9-5-7-11-19(17)26-4-2/h3,5-14H,1,4,15-16H2,2H3,(H,23,24)/b14-13+. The quantitative estimate of drug-likeness (QED) is 0.276. The Hall–Kier alpha value is -2.99. The van der Waals surface area contributed by atoms with Crippen molar-refractivity contribution >= 4 is 35.4 Å². The number of benzene rings is 2. The van der Waals surface area contributed by atoms with Gasteiger partial charge in [-0.2, -0.15) is 0 Å². The minimum Gasteiger partial charge on any atom is -0.493 e. The van der Waals surface area contributed by atoms with Gasteiger partial charge in [0.15, 0.2) is 6.61 Å². The monoisotopic (exact) mass is 397 g/mol. The van der Waals surface area contributed by atoms with Gasteiger partial charge in [-0.15, -0.1) is 18.3 Å². The first kappa shape index (κ1) is 21.3. The number of para-hydroxylation sites is 2. The fourth-order valence-electron chi connectivity index (χ4n) is 2.28. The third-order valence-corrected chi connectivity index (χ3v) is 4.55. The van der Waals surface area contributed by atoms with E-state index in [0.29, 0.717) is 18.0 Å². The van der Waals surface area contributed by atoms with Gasteiger partial charge in [-0.25, -0.2) is 4.79 Å². The van der Waals surface area contributed by atoms with Crippen LogP contribution in [0.15, 0.2) is 72.2 Å². The Balaban J connectivity index is 1.88. The maximum absolute atomic E-state index is 12.1. The van der Waals surface area contributed by atoms with Gasteiger partial charge in [-0.05, 0) is 31.2 Å². The molecular weight excluding hydrogens is 374 g/mol. The maximum atomic E-state index is 12.1. The molecule has 2 rings (SSSR count). The fourth-order valence-corrected chi connectivity index (χ4v) is 3.03. The van der Waals surface area contributed by atoms with E-state index in [1.807, 2.05) is 49.4 Å². The Morgan fingerprint density at radius 2 is 1.89 bits per heavy atom. The molecule has 0 aliphatic rings. The van der Waals surface area contributed by atoms with Gasteiger partial charge in [0.25, 0.3) is 5.91 Å². The number of thioether (sulfide) groups is 1. The molecule has 0 aliphatic carbocycles. The van der Waals surface area contributed by atoms with Gasteiger partial charge in [0, 0.05) is 22.3 Å². The van der Waals surface area contributed by atoms with Gasteiger partial charge >= 0.3 is 5.97 Å². The van der Waals surface area contributed by atoms with Crippen LogP contribution < -0.4 is 10.1 Å². The molecule has 0 radical (unpaired) electrons. The van der Waals surface area contributed by atoms with E-state index in [9.17, 15) is 9.59 Å². The first-order valence-corrected chi connectivity index (χ1v) is 9.81. The van der Waals surface area contributed by atoms with Gasteiger partial charge in [0.2, 0.25) is 0 Å². The Morgan fingerprint density at radius 3 is 2.68 bits per heavy atom. The number of ether oxygens (including phenoxy) is 2. The SMILES string of the molecule is C=CCSc1ccccc1NC(=O)COC(=O)/C=C/c1ccccc1OCC. The number of anilines is 1. The van der Waals surface area contributed by atoms with E-state index in [1.165, 1.54) is 6.08 Å². The summed E-state index contributed by atoms with van der Waals surface area (Å²) < 4.78 is 10.5. The number of carbonyl (C=O) groups excluding carboxylic acids is 2. The zero-order valence-electron chi connectivity index (χ0n) is 15.7. The Kier molecular flexibility index (Phi) is 8.88. The van der Waals surface area contributed by atoms with Crippen LogP contribution in [-0.4, -0.2) is 30.8 Å². The van der Waals surface area contributed by atoms with Crippen LogP contribution in [0.5, 0.6) is 5.75 Å². The molecule has 2 aromatic carbocycles. The predicted molar refractivity (Wildman–Crippen MR) is 114 cm³/mol. The van der Waals surface area contributed by atoms with Crippen molar-refractivity contribution in [2.75, 3.05) is 24.3 Å². The number of rotatable bonds is 10. The van der Waals surface area contributed by atoms with Crippen LogP contribution in [0.2, 0.25) is 0 Å². The third-order valence-electron chi connectivity index (χ3n) is 3.48. The molecule has 146 valence electrons. The molecule has 28 heavy (non-hydrogen) atoms. The van der Waals surface area contributed by atoms with Crippen molar-refractivity contribution in [2.45, 2.75) is 11.8 Å². The van der Waals surface area contributed by atoms with E-state index < -0.39 is 11.9 Å². The highest BCUT2D eigenvalue weighted by molar-refractivity contribution is 7.99. The molecule has 0 aliphatic heterocycles. The van der Waals surface area contributed by atoms with Crippen LogP contribution in [-0.2, 0) is 14.3 Å². The zero-order valence-corrected chi connectivity index (χ0v) is 16.5.